The highest BCUT2D eigenvalue weighted by Crippen LogP contribution is 2.37. The number of aromatic nitrogens is 1. The molecule has 2 aliphatic rings. The number of nitrogens with zero attached hydrogens (tertiary/aromatic N) is 2. The van der Waals surface area contributed by atoms with Gasteiger partial charge < -0.3 is 15.2 Å². The van der Waals surface area contributed by atoms with Crippen molar-refractivity contribution in [2.24, 2.45) is 0 Å². The molecule has 0 bridgehead atoms. The molecule has 1 aliphatic carbocycles. The standard InChI is InChI=1S/C20H24N4O2S/c1-20(2,3)24-16(18(26)23(19(24)27)14-6-7-14)11-17(25)22-13-5-4-12-8-9-21-15(12)10-13/h4-5,8-10,14,16,21H,6-7,11H2,1-3H3,(H,22,25). The van der Waals surface area contributed by atoms with E-state index in [-0.39, 0.29) is 29.8 Å². The van der Waals surface area contributed by atoms with Gasteiger partial charge in [-0.1, -0.05) is 6.07 Å². The maximum Gasteiger partial charge on any atom is 0.252 e. The zero-order valence-electron chi connectivity index (χ0n) is 15.8. The van der Waals surface area contributed by atoms with Crippen LogP contribution in [0.25, 0.3) is 10.9 Å². The van der Waals surface area contributed by atoms with Gasteiger partial charge in [-0.3, -0.25) is 14.5 Å². The minimum Gasteiger partial charge on any atom is -0.361 e. The molecule has 1 atom stereocenters. The van der Waals surface area contributed by atoms with Crippen molar-refractivity contribution in [2.45, 2.75) is 57.7 Å². The lowest BCUT2D eigenvalue weighted by Gasteiger charge is -2.36. The lowest BCUT2D eigenvalue weighted by Crippen LogP contribution is -2.49. The molecule has 1 aromatic heterocycles. The number of aromatic amines is 1. The fourth-order valence-corrected chi connectivity index (χ4v) is 4.37. The van der Waals surface area contributed by atoms with Gasteiger partial charge in [-0.2, -0.15) is 0 Å². The van der Waals surface area contributed by atoms with Crippen molar-refractivity contribution in [3.05, 3.63) is 30.5 Å². The molecule has 2 fully saturated rings. The van der Waals surface area contributed by atoms with E-state index in [1.54, 1.807) is 4.90 Å². The van der Waals surface area contributed by atoms with Crippen molar-refractivity contribution in [1.29, 1.82) is 0 Å². The van der Waals surface area contributed by atoms with E-state index in [0.29, 0.717) is 10.8 Å². The molecule has 1 aromatic carbocycles. The zero-order valence-corrected chi connectivity index (χ0v) is 16.6. The Bertz CT molecular complexity index is 925. The summed E-state index contributed by atoms with van der Waals surface area (Å²) >= 11 is 5.60. The van der Waals surface area contributed by atoms with Crippen molar-refractivity contribution in [3.8, 4) is 0 Å². The highest BCUT2D eigenvalue weighted by atomic mass is 32.1. The molecule has 4 rings (SSSR count). The molecule has 0 radical (unpaired) electrons. The second kappa shape index (κ2) is 6.34. The van der Waals surface area contributed by atoms with Crippen LogP contribution >= 0.6 is 12.2 Å². The highest BCUT2D eigenvalue weighted by Gasteiger charge is 2.51. The summed E-state index contributed by atoms with van der Waals surface area (Å²) in [5.74, 6) is -0.235. The monoisotopic (exact) mass is 384 g/mol. The van der Waals surface area contributed by atoms with Crippen LogP contribution in [0.2, 0.25) is 0 Å². The topological polar surface area (TPSA) is 68.4 Å². The Kier molecular flexibility index (Phi) is 4.22. The lowest BCUT2D eigenvalue weighted by molar-refractivity contribution is -0.131. The molecule has 1 saturated heterocycles. The number of nitrogens with one attached hydrogen (secondary N) is 2. The molecule has 2 heterocycles. The van der Waals surface area contributed by atoms with Gasteiger partial charge >= 0.3 is 0 Å². The number of carbonyl (C=O) groups excluding carboxylic acids is 2. The van der Waals surface area contributed by atoms with E-state index in [9.17, 15) is 9.59 Å². The van der Waals surface area contributed by atoms with Crippen LogP contribution in [0.1, 0.15) is 40.0 Å². The average Bonchev–Trinajstić information content (AvgIpc) is 3.22. The van der Waals surface area contributed by atoms with Crippen LogP contribution in [0.5, 0.6) is 0 Å². The Morgan fingerprint density at radius 3 is 2.70 bits per heavy atom. The summed E-state index contributed by atoms with van der Waals surface area (Å²) in [5.41, 5.74) is 1.34. The molecule has 1 aliphatic heterocycles. The number of anilines is 1. The van der Waals surface area contributed by atoms with Crippen LogP contribution in [0.4, 0.5) is 5.69 Å². The maximum atomic E-state index is 13.0. The number of amides is 2. The van der Waals surface area contributed by atoms with Crippen LogP contribution in [0.15, 0.2) is 30.5 Å². The first-order valence-corrected chi connectivity index (χ1v) is 9.70. The Morgan fingerprint density at radius 1 is 1.30 bits per heavy atom. The van der Waals surface area contributed by atoms with Gasteiger partial charge in [0, 0.05) is 29.0 Å². The van der Waals surface area contributed by atoms with E-state index in [2.05, 4.69) is 10.3 Å². The third-order valence-corrected chi connectivity index (χ3v) is 5.49. The van der Waals surface area contributed by atoms with Crippen molar-refractivity contribution in [3.63, 3.8) is 0 Å². The second-order valence-electron chi connectivity index (χ2n) is 8.31. The fourth-order valence-electron chi connectivity index (χ4n) is 3.73. The molecule has 1 saturated carbocycles. The van der Waals surface area contributed by atoms with Gasteiger partial charge in [-0.15, -0.1) is 0 Å². The van der Waals surface area contributed by atoms with Crippen molar-refractivity contribution < 1.29 is 9.59 Å². The number of H-pyrrole nitrogens is 1. The summed E-state index contributed by atoms with van der Waals surface area (Å²) in [6.07, 6.45) is 3.92. The molecule has 2 aromatic rings. The largest absolute Gasteiger partial charge is 0.361 e. The molecule has 6 nitrogen and oxygen atoms in total. The van der Waals surface area contributed by atoms with Gasteiger partial charge in [0.15, 0.2) is 5.11 Å². The van der Waals surface area contributed by atoms with E-state index in [1.165, 1.54) is 0 Å². The van der Waals surface area contributed by atoms with E-state index in [4.69, 9.17) is 12.2 Å². The lowest BCUT2D eigenvalue weighted by atomic mass is 10.0. The number of hydrogen-bond acceptors (Lipinski definition) is 3. The van der Waals surface area contributed by atoms with Gasteiger partial charge in [0.05, 0.1) is 6.42 Å². The van der Waals surface area contributed by atoms with Crippen LogP contribution in [0.3, 0.4) is 0 Å². The Labute approximate surface area is 163 Å². The number of hydrogen-bond donors (Lipinski definition) is 2. The fraction of sp³-hybridized carbons (Fsp3) is 0.450. The van der Waals surface area contributed by atoms with Gasteiger partial charge in [0.25, 0.3) is 5.91 Å². The molecule has 2 amide bonds. The van der Waals surface area contributed by atoms with Gasteiger partial charge in [-0.05, 0) is 69.4 Å². The first-order valence-electron chi connectivity index (χ1n) is 9.29. The van der Waals surface area contributed by atoms with E-state index in [0.717, 1.165) is 23.7 Å². The molecule has 142 valence electrons. The minimum absolute atomic E-state index is 0.0487. The number of thiocarbonyl (C=S) groups is 1. The van der Waals surface area contributed by atoms with Gasteiger partial charge in [-0.25, -0.2) is 0 Å². The van der Waals surface area contributed by atoms with Crippen LogP contribution in [0, 0.1) is 0 Å². The SMILES string of the molecule is CC(C)(C)N1C(=S)N(C2CC2)C(=O)C1CC(=O)Nc1ccc2cc[nH]c2c1. The molecule has 7 heteroatoms. The van der Waals surface area contributed by atoms with Crippen molar-refractivity contribution in [1.82, 2.24) is 14.8 Å². The van der Waals surface area contributed by atoms with Crippen LogP contribution in [-0.4, -0.2) is 49.3 Å². The molecular weight excluding hydrogens is 360 g/mol. The second-order valence-corrected chi connectivity index (χ2v) is 8.68. The molecule has 27 heavy (non-hydrogen) atoms. The zero-order chi connectivity index (χ0) is 19.3. The smallest absolute Gasteiger partial charge is 0.252 e. The predicted octanol–water partition coefficient (Wildman–Crippen LogP) is 3.26. The number of fused-ring (bicyclic) bond motifs is 1. The summed E-state index contributed by atoms with van der Waals surface area (Å²) in [7, 11) is 0. The van der Waals surface area contributed by atoms with Crippen molar-refractivity contribution >= 4 is 45.7 Å². The third-order valence-electron chi connectivity index (χ3n) is 5.10. The quantitative estimate of drug-likeness (QED) is 0.794. The Balaban J connectivity index is 1.52. The van der Waals surface area contributed by atoms with Crippen molar-refractivity contribution in [2.75, 3.05) is 5.32 Å². The molecule has 2 N–H and O–H groups in total. The summed E-state index contributed by atoms with van der Waals surface area (Å²) in [5, 5.41) is 4.56. The molecular formula is C20H24N4O2S. The maximum absolute atomic E-state index is 13.0. The number of benzene rings is 1. The van der Waals surface area contributed by atoms with E-state index >= 15 is 0 Å². The summed E-state index contributed by atoms with van der Waals surface area (Å²) in [6.45, 7) is 6.06. The summed E-state index contributed by atoms with van der Waals surface area (Å²) < 4.78 is 0. The molecule has 0 spiro atoms. The van der Waals surface area contributed by atoms with Gasteiger partial charge in [0.1, 0.15) is 6.04 Å². The first kappa shape index (κ1) is 18.0. The normalized spacial score (nSPS) is 20.6. The first-order chi connectivity index (χ1) is 12.8. The van der Waals surface area contributed by atoms with Gasteiger partial charge in [0.2, 0.25) is 5.91 Å². The Hall–Kier alpha value is -2.41. The predicted molar refractivity (Wildman–Crippen MR) is 109 cm³/mol. The van der Waals surface area contributed by atoms with Crippen LogP contribution < -0.4 is 5.32 Å². The summed E-state index contributed by atoms with van der Waals surface area (Å²) in [6, 6.07) is 7.35. The average molecular weight is 385 g/mol. The van der Waals surface area contributed by atoms with Crippen LogP contribution in [-0.2, 0) is 9.59 Å². The van der Waals surface area contributed by atoms with E-state index in [1.807, 2.05) is 56.1 Å². The number of carbonyl (C=O) groups is 2. The third kappa shape index (κ3) is 3.32. The van der Waals surface area contributed by atoms with E-state index < -0.39 is 6.04 Å². The Morgan fingerprint density at radius 2 is 2.04 bits per heavy atom. The molecule has 1 unspecified atom stereocenters. The highest BCUT2D eigenvalue weighted by molar-refractivity contribution is 7.80. The number of rotatable bonds is 4. The summed E-state index contributed by atoms with van der Waals surface area (Å²) in [4.78, 5) is 32.5. The minimum atomic E-state index is -0.549.